The second-order valence-electron chi connectivity index (χ2n) is 4.08. The van der Waals surface area contributed by atoms with Gasteiger partial charge in [0.25, 0.3) is 5.69 Å². The maximum absolute atomic E-state index is 12.3. The topological polar surface area (TPSA) is 60.2 Å². The molecule has 0 saturated carbocycles. The van der Waals surface area contributed by atoms with Crippen LogP contribution >= 0.6 is 23.2 Å². The summed E-state index contributed by atoms with van der Waals surface area (Å²) in [6.45, 7) is 0. The number of hydrogen-bond acceptors (Lipinski definition) is 3. The molecule has 0 aliphatic rings. The molecular formula is C14H9Cl2NO3. The molecular weight excluding hydrogens is 301 g/mol. The Labute approximate surface area is 125 Å². The smallest absolute Gasteiger partial charge is 0.281 e. The molecule has 0 amide bonds. The summed E-state index contributed by atoms with van der Waals surface area (Å²) in [6.07, 6.45) is -0.0375. The Morgan fingerprint density at radius 3 is 2.35 bits per heavy atom. The van der Waals surface area contributed by atoms with Gasteiger partial charge in [-0.3, -0.25) is 14.9 Å². The van der Waals surface area contributed by atoms with Crippen molar-refractivity contribution in [2.24, 2.45) is 0 Å². The van der Waals surface area contributed by atoms with Gasteiger partial charge in [-0.05, 0) is 17.7 Å². The monoisotopic (exact) mass is 309 g/mol. The fourth-order valence-corrected chi connectivity index (χ4v) is 2.32. The second kappa shape index (κ2) is 6.03. The number of carbonyl (C=O) groups excluding carboxylic acids is 1. The number of nitrogens with zero attached hydrogens (tertiary/aromatic N) is 1. The van der Waals surface area contributed by atoms with E-state index in [-0.39, 0.29) is 22.7 Å². The Morgan fingerprint density at radius 2 is 1.70 bits per heavy atom. The fourth-order valence-electron chi connectivity index (χ4n) is 1.84. The average molecular weight is 310 g/mol. The van der Waals surface area contributed by atoms with E-state index in [9.17, 15) is 14.9 Å². The number of carbonyl (C=O) groups is 1. The maximum atomic E-state index is 12.3. The van der Waals surface area contributed by atoms with Crippen molar-refractivity contribution in [2.45, 2.75) is 6.42 Å². The summed E-state index contributed by atoms with van der Waals surface area (Å²) in [5.41, 5.74) is 0.224. The highest BCUT2D eigenvalue weighted by molar-refractivity contribution is 6.35. The van der Waals surface area contributed by atoms with E-state index in [2.05, 4.69) is 0 Å². The first-order valence-corrected chi connectivity index (χ1v) is 6.46. The van der Waals surface area contributed by atoms with Crippen LogP contribution in [-0.2, 0) is 6.42 Å². The highest BCUT2D eigenvalue weighted by Crippen LogP contribution is 2.28. The summed E-state index contributed by atoms with van der Waals surface area (Å²) in [7, 11) is 0. The van der Waals surface area contributed by atoms with Gasteiger partial charge >= 0.3 is 0 Å². The number of nitro benzene ring substituents is 1. The summed E-state index contributed by atoms with van der Waals surface area (Å²) in [5.74, 6) is -0.435. The molecule has 20 heavy (non-hydrogen) atoms. The lowest BCUT2D eigenvalue weighted by molar-refractivity contribution is -0.385. The zero-order valence-electron chi connectivity index (χ0n) is 10.2. The van der Waals surface area contributed by atoms with Crippen molar-refractivity contribution >= 4 is 34.7 Å². The van der Waals surface area contributed by atoms with E-state index in [0.717, 1.165) is 0 Å². The van der Waals surface area contributed by atoms with Gasteiger partial charge in [-0.15, -0.1) is 0 Å². The third-order valence-electron chi connectivity index (χ3n) is 2.78. The van der Waals surface area contributed by atoms with E-state index in [1.807, 2.05) is 0 Å². The van der Waals surface area contributed by atoms with Crippen LogP contribution in [0.5, 0.6) is 0 Å². The van der Waals surface area contributed by atoms with Crippen molar-refractivity contribution in [1.82, 2.24) is 0 Å². The quantitative estimate of drug-likeness (QED) is 0.480. The Balaban J connectivity index is 2.40. The molecule has 0 aliphatic heterocycles. The molecule has 0 bridgehead atoms. The molecule has 0 unspecified atom stereocenters. The number of nitro groups is 1. The SMILES string of the molecule is O=C(Cc1ccccc1Cl)c1c(Cl)cccc1[N+](=O)[O-]. The van der Waals surface area contributed by atoms with Gasteiger partial charge in [-0.1, -0.05) is 47.5 Å². The van der Waals surface area contributed by atoms with E-state index < -0.39 is 10.7 Å². The first-order chi connectivity index (χ1) is 9.50. The first-order valence-electron chi connectivity index (χ1n) is 5.70. The van der Waals surface area contributed by atoms with Gasteiger partial charge in [0.15, 0.2) is 5.78 Å². The van der Waals surface area contributed by atoms with Crippen LogP contribution in [0.25, 0.3) is 0 Å². The molecule has 6 heteroatoms. The molecule has 0 atom stereocenters. The highest BCUT2D eigenvalue weighted by atomic mass is 35.5. The van der Waals surface area contributed by atoms with Gasteiger partial charge in [-0.2, -0.15) is 0 Å². The van der Waals surface area contributed by atoms with Crippen molar-refractivity contribution in [3.05, 3.63) is 73.8 Å². The van der Waals surface area contributed by atoms with Crippen LogP contribution in [0.3, 0.4) is 0 Å². The van der Waals surface area contributed by atoms with Gasteiger partial charge in [0.1, 0.15) is 5.56 Å². The van der Waals surface area contributed by atoms with Crippen LogP contribution in [0.2, 0.25) is 10.0 Å². The zero-order chi connectivity index (χ0) is 14.7. The molecule has 2 aromatic rings. The minimum atomic E-state index is -0.619. The van der Waals surface area contributed by atoms with Crippen LogP contribution in [-0.4, -0.2) is 10.7 Å². The van der Waals surface area contributed by atoms with Gasteiger partial charge in [0, 0.05) is 17.5 Å². The molecule has 4 nitrogen and oxygen atoms in total. The number of halogens is 2. The molecule has 0 aliphatic carbocycles. The number of Topliss-reactive ketones (excluding diaryl/α,β-unsaturated/α-hetero) is 1. The number of hydrogen-bond donors (Lipinski definition) is 0. The molecule has 102 valence electrons. The molecule has 0 heterocycles. The van der Waals surface area contributed by atoms with Gasteiger partial charge < -0.3 is 0 Å². The Hall–Kier alpha value is -1.91. The summed E-state index contributed by atoms with van der Waals surface area (Å²) in [5, 5.41) is 11.5. The van der Waals surface area contributed by atoms with Crippen LogP contribution in [0, 0.1) is 10.1 Å². The number of benzene rings is 2. The largest absolute Gasteiger partial charge is 0.293 e. The number of ketones is 1. The minimum absolute atomic E-state index is 0.0375. The Morgan fingerprint density at radius 1 is 1.05 bits per heavy atom. The van der Waals surface area contributed by atoms with Crippen molar-refractivity contribution in [1.29, 1.82) is 0 Å². The summed E-state index contributed by atoms with van der Waals surface area (Å²) < 4.78 is 0. The first kappa shape index (κ1) is 14.5. The third kappa shape index (κ3) is 2.98. The predicted molar refractivity (Wildman–Crippen MR) is 77.6 cm³/mol. The van der Waals surface area contributed by atoms with Crippen molar-refractivity contribution in [3.63, 3.8) is 0 Å². The average Bonchev–Trinajstić information content (AvgIpc) is 2.40. The standard InChI is InChI=1S/C14H9Cl2NO3/c15-10-5-2-1-4-9(10)8-13(18)14-11(16)6-3-7-12(14)17(19)20/h1-7H,8H2. The molecule has 0 N–H and O–H groups in total. The van der Waals surface area contributed by atoms with Crippen molar-refractivity contribution < 1.29 is 9.72 Å². The van der Waals surface area contributed by atoms with Crippen molar-refractivity contribution in [2.75, 3.05) is 0 Å². The molecule has 0 aromatic heterocycles. The van der Waals surface area contributed by atoms with E-state index in [1.165, 1.54) is 18.2 Å². The van der Waals surface area contributed by atoms with Gasteiger partial charge in [0.2, 0.25) is 0 Å². The van der Waals surface area contributed by atoms with E-state index in [1.54, 1.807) is 24.3 Å². The lowest BCUT2D eigenvalue weighted by Gasteiger charge is -2.06. The van der Waals surface area contributed by atoms with Crippen LogP contribution in [0.15, 0.2) is 42.5 Å². The summed E-state index contributed by atoms with van der Waals surface area (Å²) >= 11 is 11.9. The minimum Gasteiger partial charge on any atom is -0.293 e. The third-order valence-corrected chi connectivity index (χ3v) is 3.46. The lowest BCUT2D eigenvalue weighted by atomic mass is 10.0. The molecule has 2 rings (SSSR count). The molecule has 0 spiro atoms. The Bertz CT molecular complexity index is 686. The fraction of sp³-hybridized carbons (Fsp3) is 0.0714. The molecule has 0 saturated heterocycles. The molecule has 2 aromatic carbocycles. The van der Waals surface area contributed by atoms with Crippen molar-refractivity contribution in [3.8, 4) is 0 Å². The Kier molecular flexibility index (Phi) is 4.37. The predicted octanol–water partition coefficient (Wildman–Crippen LogP) is 4.33. The van der Waals surface area contributed by atoms with Crippen LogP contribution < -0.4 is 0 Å². The van der Waals surface area contributed by atoms with E-state index in [4.69, 9.17) is 23.2 Å². The van der Waals surface area contributed by atoms with Gasteiger partial charge in [-0.25, -0.2) is 0 Å². The maximum Gasteiger partial charge on any atom is 0.281 e. The van der Waals surface area contributed by atoms with E-state index >= 15 is 0 Å². The lowest BCUT2D eigenvalue weighted by Crippen LogP contribution is -2.08. The molecule has 0 radical (unpaired) electrons. The zero-order valence-corrected chi connectivity index (χ0v) is 11.7. The summed E-state index contributed by atoms with van der Waals surface area (Å²) in [6, 6.07) is 11.0. The highest BCUT2D eigenvalue weighted by Gasteiger charge is 2.23. The second-order valence-corrected chi connectivity index (χ2v) is 4.90. The number of rotatable bonds is 4. The van der Waals surface area contributed by atoms with Crippen LogP contribution in [0.4, 0.5) is 5.69 Å². The summed E-state index contributed by atoms with van der Waals surface area (Å²) in [4.78, 5) is 22.6. The van der Waals surface area contributed by atoms with Crippen LogP contribution in [0.1, 0.15) is 15.9 Å². The van der Waals surface area contributed by atoms with Gasteiger partial charge in [0.05, 0.1) is 9.95 Å². The van der Waals surface area contributed by atoms with E-state index in [0.29, 0.717) is 10.6 Å². The normalized spacial score (nSPS) is 10.3. The molecule has 0 fully saturated rings.